The predicted molar refractivity (Wildman–Crippen MR) is 134 cm³/mol. The maximum absolute atomic E-state index is 6.09. The Morgan fingerprint density at radius 2 is 1.25 bits per heavy atom. The van der Waals surface area contributed by atoms with Crippen LogP contribution in [0.4, 0.5) is 0 Å². The van der Waals surface area contributed by atoms with Crippen LogP contribution in [0, 0.1) is 0 Å². The van der Waals surface area contributed by atoms with E-state index in [0.29, 0.717) is 26.0 Å². The molecule has 22 radical (unpaired) electrons. The lowest BCUT2D eigenvalue weighted by Crippen LogP contribution is -2.64. The van der Waals surface area contributed by atoms with Gasteiger partial charge in [-0.3, -0.25) is 0 Å². The largest absolute Gasteiger partial charge is 0.137 e. The van der Waals surface area contributed by atoms with Crippen molar-refractivity contribution in [3.8, 4) is 0 Å². The van der Waals surface area contributed by atoms with Crippen molar-refractivity contribution in [1.82, 2.24) is 0 Å². The van der Waals surface area contributed by atoms with Gasteiger partial charge < -0.3 is 0 Å². The minimum absolute atomic E-state index is 0.0741. The topological polar surface area (TPSA) is 0 Å². The van der Waals surface area contributed by atoms with Crippen LogP contribution < -0.4 is 0 Å². The molecule has 0 aromatic carbocycles. The maximum Gasteiger partial charge on any atom is 0.101 e. The Balaban J connectivity index is 0.000000558. The van der Waals surface area contributed by atoms with Crippen LogP contribution in [0.2, 0.25) is 12.5 Å². The van der Waals surface area contributed by atoms with Crippen molar-refractivity contribution >= 4 is 143 Å². The molecule has 0 nitrogen and oxygen atoms in total. The summed E-state index contributed by atoms with van der Waals surface area (Å²) in [6, 6.07) is 0. The summed E-state index contributed by atoms with van der Waals surface area (Å²) in [7, 11) is 54.5. The fourth-order valence-corrected chi connectivity index (χ4v) is 3.44. The van der Waals surface area contributed by atoms with Gasteiger partial charge >= 0.3 is 0 Å². The van der Waals surface area contributed by atoms with Crippen LogP contribution in [-0.2, 0) is 0 Å². The molecule has 0 amide bonds. The predicted octanol–water partition coefficient (Wildman–Crippen LogP) is -6.14. The van der Waals surface area contributed by atoms with Crippen molar-refractivity contribution < 1.29 is 0 Å². The summed E-state index contributed by atoms with van der Waals surface area (Å²) in [5, 5.41) is 0. The van der Waals surface area contributed by atoms with Gasteiger partial charge in [0, 0.05) is 130 Å². The van der Waals surface area contributed by atoms with E-state index in [0.717, 1.165) is 12.5 Å². The number of rotatable bonds is 4. The van der Waals surface area contributed by atoms with E-state index in [1.54, 1.807) is 14.1 Å². The summed E-state index contributed by atoms with van der Waals surface area (Å²) < 4.78 is 0. The van der Waals surface area contributed by atoms with Gasteiger partial charge in [0.05, 0.1) is 6.49 Å². The van der Waals surface area contributed by atoms with E-state index in [-0.39, 0.29) is 12.8 Å². The Morgan fingerprint density at radius 1 is 0.792 bits per heavy atom. The van der Waals surface area contributed by atoms with E-state index in [9.17, 15) is 0 Å². The molecule has 2 rings (SSSR count). The molecule has 2 aliphatic heterocycles. The second-order valence-electron chi connectivity index (χ2n) is 6.17. The highest BCUT2D eigenvalue weighted by atomic mass is 13.8. The molecule has 82 valence electrons. The SMILES string of the molecule is [B]B([B])[B].[B]B([B])[B].[B][B]B([B])B1CB2CC=CB2B1B([B])[B][B]. The van der Waals surface area contributed by atoms with Crippen LogP contribution in [0.5, 0.6) is 0 Å². The molecule has 0 N–H and O–H groups in total. The third-order valence-electron chi connectivity index (χ3n) is 4.24. The number of fused-ring (bicyclic) bond motifs is 1. The van der Waals surface area contributed by atoms with Crippen molar-refractivity contribution in [3.63, 3.8) is 0 Å². The summed E-state index contributed by atoms with van der Waals surface area (Å²) >= 11 is 0. The first-order chi connectivity index (χ1) is 11.1. The minimum Gasteiger partial charge on any atom is -0.137 e. The first kappa shape index (κ1) is 25.0. The molecule has 0 aromatic rings. The van der Waals surface area contributed by atoms with E-state index in [4.69, 9.17) is 30.9 Å². The van der Waals surface area contributed by atoms with Crippen LogP contribution in [-0.4, -0.2) is 143 Å². The van der Waals surface area contributed by atoms with E-state index in [1.807, 2.05) is 0 Å². The second kappa shape index (κ2) is 13.2. The van der Waals surface area contributed by atoms with Crippen LogP contribution >= 0.6 is 0 Å². The van der Waals surface area contributed by atoms with Crippen molar-refractivity contribution in [3.05, 3.63) is 12.1 Å². The van der Waals surface area contributed by atoms with Gasteiger partial charge in [-0.15, -0.1) is 18.3 Å². The molecular formula is C4H6B20. The van der Waals surface area contributed by atoms with Crippen molar-refractivity contribution in [2.24, 2.45) is 0 Å². The molecule has 2 heterocycles. The average molecular weight is 270 g/mol. The molecule has 0 spiro atoms. The summed E-state index contributed by atoms with van der Waals surface area (Å²) in [6.07, 6.45) is 3.34. The van der Waals surface area contributed by atoms with Gasteiger partial charge in [0.25, 0.3) is 0 Å². The highest BCUT2D eigenvalue weighted by Gasteiger charge is 2.51. The highest BCUT2D eigenvalue weighted by Crippen LogP contribution is 2.26. The zero-order chi connectivity index (χ0) is 18.9. The third kappa shape index (κ3) is 9.11. The lowest BCUT2D eigenvalue weighted by atomic mass is 8.57. The summed E-state index contributed by atoms with van der Waals surface area (Å²) in [5.41, 5.74) is 0. The molecule has 0 saturated carbocycles. The van der Waals surface area contributed by atoms with Crippen molar-refractivity contribution in [2.75, 3.05) is 0 Å². The smallest absolute Gasteiger partial charge is 0.101 e. The van der Waals surface area contributed by atoms with Gasteiger partial charge in [-0.25, -0.2) is 0 Å². The van der Waals surface area contributed by atoms with Crippen LogP contribution in [0.25, 0.3) is 0 Å². The lowest BCUT2D eigenvalue weighted by molar-refractivity contribution is 1.68. The first-order valence-corrected chi connectivity index (χ1v) is 7.97. The fraction of sp³-hybridized carbons (Fsp3) is 0.500. The molecule has 20 heteroatoms. The molecule has 0 unspecified atom stereocenters. The molecule has 0 atom stereocenters. The number of allylic oxidation sites excluding steroid dienone is 1. The first-order valence-electron chi connectivity index (χ1n) is 7.97. The number of hydrogen-bond donors (Lipinski definition) is 0. The monoisotopic (exact) mass is 274 g/mol. The minimum atomic E-state index is -0.667. The van der Waals surface area contributed by atoms with Gasteiger partial charge in [0.1, 0.15) is 6.60 Å². The average Bonchev–Trinajstić information content (AvgIpc) is 3.04. The zero-order valence-electron chi connectivity index (χ0n) is 14.1. The zero-order valence-corrected chi connectivity index (χ0v) is 14.1. The van der Waals surface area contributed by atoms with Gasteiger partial charge in [-0.1, -0.05) is 6.32 Å². The highest BCUT2D eigenvalue weighted by molar-refractivity contribution is 8.05. The van der Waals surface area contributed by atoms with Gasteiger partial charge in [0.2, 0.25) is 0 Å². The molecule has 0 aromatic heterocycles. The van der Waals surface area contributed by atoms with Gasteiger partial charge in [-0.2, -0.15) is 0 Å². The van der Waals surface area contributed by atoms with E-state index in [1.165, 1.54) is 0 Å². The summed E-state index contributed by atoms with van der Waals surface area (Å²) in [6.45, 7) is 1.58. The maximum atomic E-state index is 6.09. The normalized spacial score (nSPS) is 13.8. The Kier molecular flexibility index (Phi) is 13.8. The Hall–Kier alpha value is 1.04. The molecule has 2 aliphatic rings. The summed E-state index contributed by atoms with van der Waals surface area (Å²) in [4.78, 5) is 0. The van der Waals surface area contributed by atoms with Crippen LogP contribution in [0.3, 0.4) is 0 Å². The second-order valence-corrected chi connectivity index (χ2v) is 6.17. The Morgan fingerprint density at radius 3 is 1.67 bits per heavy atom. The van der Waals surface area contributed by atoms with Gasteiger partial charge in [-0.05, 0) is 0 Å². The standard InChI is InChI=1S/C4H6B12.2B4/c5-9-14(7)13-4-11-2-1-3-12(11)16(13)15(8)10-6;2*1-4(2)3/h1,3H,2,4H2;;. The lowest BCUT2D eigenvalue weighted by Gasteiger charge is -2.26. The fourth-order valence-electron chi connectivity index (χ4n) is 3.44. The summed E-state index contributed by atoms with van der Waals surface area (Å²) in [5.74, 6) is 2.28. The van der Waals surface area contributed by atoms with Gasteiger partial charge in [0.15, 0.2) is 0 Å². The van der Waals surface area contributed by atoms with E-state index >= 15 is 0 Å². The quantitative estimate of drug-likeness (QED) is 0.446. The Bertz CT molecular complexity index is 329. The third-order valence-corrected chi connectivity index (χ3v) is 4.24. The van der Waals surface area contributed by atoms with Crippen LogP contribution in [0.1, 0.15) is 0 Å². The molecule has 0 bridgehead atoms. The molecular weight excluding hydrogens is 264 g/mol. The molecule has 1 saturated heterocycles. The van der Waals surface area contributed by atoms with E-state index in [2.05, 4.69) is 58.5 Å². The number of hydrogen-bond acceptors (Lipinski definition) is 0. The van der Waals surface area contributed by atoms with Crippen molar-refractivity contribution in [1.29, 1.82) is 0 Å². The van der Waals surface area contributed by atoms with Crippen LogP contribution in [0.15, 0.2) is 12.1 Å². The Labute approximate surface area is 167 Å². The van der Waals surface area contributed by atoms with E-state index < -0.39 is 12.8 Å². The molecule has 0 aliphatic carbocycles. The molecule has 1 fully saturated rings. The molecule has 24 heavy (non-hydrogen) atoms. The van der Waals surface area contributed by atoms with Crippen molar-refractivity contribution in [2.45, 2.75) is 12.5 Å².